The number of ether oxygens (including phenoxy) is 2. The van der Waals surface area contributed by atoms with Gasteiger partial charge in [0.05, 0.1) is 7.11 Å². The van der Waals surface area contributed by atoms with Crippen LogP contribution < -0.4 is 4.74 Å². The second-order valence-corrected chi connectivity index (χ2v) is 8.30. The second-order valence-electron chi connectivity index (χ2n) is 7.87. The number of hydrogen-bond acceptors (Lipinski definition) is 4. The van der Waals surface area contributed by atoms with Gasteiger partial charge >= 0.3 is 0 Å². The first kappa shape index (κ1) is 20.5. The highest BCUT2D eigenvalue weighted by Gasteiger charge is 2.53. The molecule has 0 N–H and O–H groups in total. The lowest BCUT2D eigenvalue weighted by molar-refractivity contribution is -0.184. The standard InChI is InChI=1S/C22H22ClFO4/c1-21(2)19(25)18(20(26)22(3,4)28-21)15-10-12(6-9-17(15)27-5)14-8-7-13(23)11-16(14)24/h6-11,18H,1-5H3. The number of carbonyl (C=O) groups is 2. The number of halogens is 2. The van der Waals surface area contributed by atoms with Gasteiger partial charge in [0.1, 0.15) is 28.7 Å². The van der Waals surface area contributed by atoms with Gasteiger partial charge in [0.25, 0.3) is 0 Å². The molecule has 148 valence electrons. The first-order chi connectivity index (χ1) is 13.0. The van der Waals surface area contributed by atoms with Gasteiger partial charge in [0.15, 0.2) is 11.6 Å². The normalized spacial score (nSPS) is 19.0. The van der Waals surface area contributed by atoms with Crippen LogP contribution in [0.25, 0.3) is 11.1 Å². The van der Waals surface area contributed by atoms with E-state index in [1.165, 1.54) is 13.2 Å². The number of rotatable bonds is 3. The van der Waals surface area contributed by atoms with Crippen LogP contribution in [-0.2, 0) is 14.3 Å². The van der Waals surface area contributed by atoms with Gasteiger partial charge in [-0.15, -0.1) is 0 Å². The maximum atomic E-state index is 14.4. The molecule has 0 aliphatic carbocycles. The summed E-state index contributed by atoms with van der Waals surface area (Å²) in [4.78, 5) is 26.2. The lowest BCUT2D eigenvalue weighted by Gasteiger charge is -2.42. The highest BCUT2D eigenvalue weighted by Crippen LogP contribution is 2.42. The van der Waals surface area contributed by atoms with Crippen LogP contribution in [0.5, 0.6) is 5.75 Å². The zero-order valence-electron chi connectivity index (χ0n) is 16.4. The van der Waals surface area contributed by atoms with E-state index >= 15 is 0 Å². The fraction of sp³-hybridized carbons (Fsp3) is 0.364. The molecular weight excluding hydrogens is 383 g/mol. The number of methoxy groups -OCH3 is 1. The molecule has 0 atom stereocenters. The van der Waals surface area contributed by atoms with Crippen molar-refractivity contribution < 1.29 is 23.5 Å². The topological polar surface area (TPSA) is 52.6 Å². The number of benzene rings is 2. The molecule has 0 amide bonds. The van der Waals surface area contributed by atoms with E-state index in [4.69, 9.17) is 21.1 Å². The Balaban J connectivity index is 2.19. The minimum atomic E-state index is -1.14. The first-order valence-electron chi connectivity index (χ1n) is 8.90. The first-order valence-corrected chi connectivity index (χ1v) is 9.28. The molecule has 3 rings (SSSR count). The SMILES string of the molecule is COc1ccc(-c2ccc(Cl)cc2F)cc1C1C(=O)C(C)(C)OC(C)(C)C1=O. The van der Waals surface area contributed by atoms with Gasteiger partial charge in [-0.2, -0.15) is 0 Å². The smallest absolute Gasteiger partial charge is 0.179 e. The Bertz CT molecular complexity index is 939. The average molecular weight is 405 g/mol. The molecule has 6 heteroatoms. The van der Waals surface area contributed by atoms with Crippen molar-refractivity contribution in [3.8, 4) is 16.9 Å². The Morgan fingerprint density at radius 1 is 1.00 bits per heavy atom. The zero-order chi connectivity index (χ0) is 20.9. The summed E-state index contributed by atoms with van der Waals surface area (Å²) in [5.74, 6) is -1.89. The summed E-state index contributed by atoms with van der Waals surface area (Å²) in [6.45, 7) is 6.58. The summed E-state index contributed by atoms with van der Waals surface area (Å²) < 4.78 is 25.6. The molecule has 1 aliphatic rings. The number of carbonyl (C=O) groups excluding carboxylic acids is 2. The van der Waals surface area contributed by atoms with Gasteiger partial charge in [-0.25, -0.2) is 4.39 Å². The van der Waals surface area contributed by atoms with E-state index in [2.05, 4.69) is 0 Å². The molecule has 0 radical (unpaired) electrons. The quantitative estimate of drug-likeness (QED) is 0.678. The van der Waals surface area contributed by atoms with Crippen LogP contribution in [0.15, 0.2) is 36.4 Å². The molecule has 0 unspecified atom stereocenters. The third-order valence-electron chi connectivity index (χ3n) is 5.00. The number of hydrogen-bond donors (Lipinski definition) is 0. The molecule has 1 aliphatic heterocycles. The molecule has 0 aromatic heterocycles. The number of Topliss-reactive ketones (excluding diaryl/α,β-unsaturated/α-hetero) is 2. The summed E-state index contributed by atoms with van der Waals surface area (Å²) in [5, 5.41) is 0.285. The van der Waals surface area contributed by atoms with E-state index in [0.717, 1.165) is 0 Å². The summed E-state index contributed by atoms with van der Waals surface area (Å²) in [5.41, 5.74) is -1.05. The number of ketones is 2. The molecule has 0 bridgehead atoms. The van der Waals surface area contributed by atoms with E-state index in [-0.39, 0.29) is 16.6 Å². The summed E-state index contributed by atoms with van der Waals surface area (Å²) in [6, 6.07) is 9.31. The van der Waals surface area contributed by atoms with E-state index in [0.29, 0.717) is 22.4 Å². The monoisotopic (exact) mass is 404 g/mol. The van der Waals surface area contributed by atoms with Crippen LogP contribution in [0.1, 0.15) is 39.2 Å². The predicted molar refractivity (Wildman–Crippen MR) is 105 cm³/mol. The van der Waals surface area contributed by atoms with Crippen molar-refractivity contribution in [1.29, 1.82) is 0 Å². The molecule has 2 aromatic carbocycles. The van der Waals surface area contributed by atoms with Crippen molar-refractivity contribution in [2.24, 2.45) is 0 Å². The van der Waals surface area contributed by atoms with Crippen LogP contribution in [0.4, 0.5) is 4.39 Å². The molecule has 0 spiro atoms. The van der Waals surface area contributed by atoms with Crippen LogP contribution in [0, 0.1) is 5.82 Å². The molecule has 2 aromatic rings. The van der Waals surface area contributed by atoms with E-state index in [1.807, 2.05) is 0 Å². The van der Waals surface area contributed by atoms with Crippen molar-refractivity contribution in [2.45, 2.75) is 44.8 Å². The average Bonchev–Trinajstić information content (AvgIpc) is 2.60. The van der Waals surface area contributed by atoms with Crippen molar-refractivity contribution in [1.82, 2.24) is 0 Å². The molecule has 1 heterocycles. The molecule has 0 saturated carbocycles. The van der Waals surface area contributed by atoms with Gasteiger partial charge in [-0.1, -0.05) is 17.7 Å². The van der Waals surface area contributed by atoms with Crippen molar-refractivity contribution >= 4 is 23.2 Å². The Morgan fingerprint density at radius 2 is 1.61 bits per heavy atom. The van der Waals surface area contributed by atoms with E-state index in [9.17, 15) is 14.0 Å². The molecule has 28 heavy (non-hydrogen) atoms. The van der Waals surface area contributed by atoms with Crippen LogP contribution in [0.2, 0.25) is 5.02 Å². The lowest BCUT2D eigenvalue weighted by atomic mass is 9.74. The maximum Gasteiger partial charge on any atom is 0.179 e. The maximum absolute atomic E-state index is 14.4. The summed E-state index contributed by atoms with van der Waals surface area (Å²) in [7, 11) is 1.46. The highest BCUT2D eigenvalue weighted by molar-refractivity contribution is 6.30. The minimum absolute atomic E-state index is 0.285. The van der Waals surface area contributed by atoms with Crippen LogP contribution >= 0.6 is 11.6 Å². The Morgan fingerprint density at radius 3 is 2.14 bits per heavy atom. The third-order valence-corrected chi connectivity index (χ3v) is 5.24. The predicted octanol–water partition coefficient (Wildman–Crippen LogP) is 4.96. The van der Waals surface area contributed by atoms with Gasteiger partial charge < -0.3 is 9.47 Å². The van der Waals surface area contributed by atoms with Crippen LogP contribution in [0.3, 0.4) is 0 Å². The van der Waals surface area contributed by atoms with Gasteiger partial charge in [-0.3, -0.25) is 9.59 Å². The third kappa shape index (κ3) is 3.45. The summed E-state index contributed by atoms with van der Waals surface area (Å²) >= 11 is 5.84. The Kier molecular flexibility index (Phi) is 5.11. The van der Waals surface area contributed by atoms with Gasteiger partial charge in [-0.05, 0) is 63.6 Å². The highest BCUT2D eigenvalue weighted by atomic mass is 35.5. The molecule has 1 fully saturated rings. The van der Waals surface area contributed by atoms with Gasteiger partial charge in [0.2, 0.25) is 0 Å². The molecule has 1 saturated heterocycles. The van der Waals surface area contributed by atoms with Crippen LogP contribution in [-0.4, -0.2) is 29.9 Å². The lowest BCUT2D eigenvalue weighted by Crippen LogP contribution is -2.57. The zero-order valence-corrected chi connectivity index (χ0v) is 17.2. The largest absolute Gasteiger partial charge is 0.496 e. The van der Waals surface area contributed by atoms with Crippen molar-refractivity contribution in [2.75, 3.05) is 7.11 Å². The Labute approximate surface area is 168 Å². The van der Waals surface area contributed by atoms with Gasteiger partial charge in [0, 0.05) is 16.1 Å². The van der Waals surface area contributed by atoms with Crippen molar-refractivity contribution in [3.05, 3.63) is 52.8 Å². The van der Waals surface area contributed by atoms with E-state index < -0.39 is 22.9 Å². The van der Waals surface area contributed by atoms with Crippen molar-refractivity contribution in [3.63, 3.8) is 0 Å². The molecular formula is C22H22ClFO4. The van der Waals surface area contributed by atoms with E-state index in [1.54, 1.807) is 58.0 Å². The molecule has 4 nitrogen and oxygen atoms in total. The Hall–Kier alpha value is -2.24. The fourth-order valence-electron chi connectivity index (χ4n) is 3.69. The summed E-state index contributed by atoms with van der Waals surface area (Å²) in [6.07, 6.45) is 0. The minimum Gasteiger partial charge on any atom is -0.496 e. The fourth-order valence-corrected chi connectivity index (χ4v) is 3.85. The second kappa shape index (κ2) is 6.98.